The second-order valence-corrected chi connectivity index (χ2v) is 6.54. The molecule has 1 aliphatic rings. The van der Waals surface area contributed by atoms with Gasteiger partial charge in [0.1, 0.15) is 0 Å². The third-order valence-corrected chi connectivity index (χ3v) is 4.93. The molecule has 0 radical (unpaired) electrons. The Morgan fingerprint density at radius 1 is 1.00 bits per heavy atom. The van der Waals surface area contributed by atoms with Crippen LogP contribution in [0.25, 0.3) is 0 Å². The molecule has 0 bridgehead atoms. The first-order valence-corrected chi connectivity index (χ1v) is 8.42. The van der Waals surface area contributed by atoms with Crippen molar-refractivity contribution in [2.45, 2.75) is 43.8 Å². The normalized spacial score (nSPS) is 16.6. The Morgan fingerprint density at radius 3 is 2.32 bits per heavy atom. The predicted octanol–water partition coefficient (Wildman–Crippen LogP) is 4.83. The van der Waals surface area contributed by atoms with E-state index in [0.717, 1.165) is 43.4 Å². The van der Waals surface area contributed by atoms with Crippen LogP contribution in [-0.4, -0.2) is 5.91 Å². The molecule has 0 unspecified atom stereocenters. The van der Waals surface area contributed by atoms with Crippen molar-refractivity contribution >= 4 is 5.91 Å². The number of amides is 1. The van der Waals surface area contributed by atoms with Gasteiger partial charge in [0.05, 0.1) is 11.0 Å². The highest BCUT2D eigenvalue weighted by molar-refractivity contribution is 5.88. The molecule has 1 saturated carbocycles. The zero-order valence-electron chi connectivity index (χ0n) is 13.8. The largest absolute Gasteiger partial charge is 0.416 e. The van der Waals surface area contributed by atoms with Crippen molar-refractivity contribution in [2.24, 2.45) is 0 Å². The molecule has 2 nitrogen and oxygen atoms in total. The average molecular weight is 347 g/mol. The summed E-state index contributed by atoms with van der Waals surface area (Å²) in [6.45, 7) is 0.0946. The second kappa shape index (κ2) is 6.90. The molecular formula is C20H20F3NO. The number of hydrogen-bond acceptors (Lipinski definition) is 1. The van der Waals surface area contributed by atoms with Gasteiger partial charge in [-0.15, -0.1) is 0 Å². The van der Waals surface area contributed by atoms with Crippen molar-refractivity contribution in [1.29, 1.82) is 0 Å². The number of halogens is 3. The molecule has 0 aromatic heterocycles. The molecule has 0 atom stereocenters. The van der Waals surface area contributed by atoms with Gasteiger partial charge in [0, 0.05) is 6.54 Å². The number of benzene rings is 2. The van der Waals surface area contributed by atoms with Crippen molar-refractivity contribution in [3.63, 3.8) is 0 Å². The fourth-order valence-corrected chi connectivity index (χ4v) is 3.59. The molecule has 0 saturated heterocycles. The molecule has 1 aliphatic carbocycles. The van der Waals surface area contributed by atoms with Gasteiger partial charge in [0.2, 0.25) is 5.91 Å². The number of carbonyl (C=O) groups is 1. The van der Waals surface area contributed by atoms with Gasteiger partial charge in [0.15, 0.2) is 0 Å². The lowest BCUT2D eigenvalue weighted by Gasteiger charge is -2.28. The molecule has 1 amide bonds. The van der Waals surface area contributed by atoms with Crippen molar-refractivity contribution in [3.05, 3.63) is 71.3 Å². The summed E-state index contributed by atoms with van der Waals surface area (Å²) in [5.74, 6) is -0.103. The molecule has 5 heteroatoms. The van der Waals surface area contributed by atoms with E-state index in [4.69, 9.17) is 0 Å². The van der Waals surface area contributed by atoms with Crippen molar-refractivity contribution in [2.75, 3.05) is 0 Å². The van der Waals surface area contributed by atoms with E-state index in [9.17, 15) is 18.0 Å². The highest BCUT2D eigenvalue weighted by atomic mass is 19.4. The molecule has 1 N–H and O–H groups in total. The molecule has 3 rings (SSSR count). The lowest BCUT2D eigenvalue weighted by Crippen LogP contribution is -2.42. The van der Waals surface area contributed by atoms with Crippen LogP contribution in [0.5, 0.6) is 0 Å². The van der Waals surface area contributed by atoms with Gasteiger partial charge in [-0.3, -0.25) is 4.79 Å². The zero-order chi connectivity index (χ0) is 17.9. The summed E-state index contributed by atoms with van der Waals surface area (Å²) in [5.41, 5.74) is 0.166. The first-order chi connectivity index (χ1) is 11.9. The van der Waals surface area contributed by atoms with E-state index in [0.29, 0.717) is 5.56 Å². The Balaban J connectivity index is 1.75. The van der Waals surface area contributed by atoms with E-state index in [1.165, 1.54) is 6.07 Å². The summed E-state index contributed by atoms with van der Waals surface area (Å²) in [6, 6.07) is 14.7. The monoisotopic (exact) mass is 347 g/mol. The first kappa shape index (κ1) is 17.5. The van der Waals surface area contributed by atoms with Crippen LogP contribution in [0.15, 0.2) is 54.6 Å². The van der Waals surface area contributed by atoms with E-state index >= 15 is 0 Å². The molecule has 132 valence electrons. The SMILES string of the molecule is O=C(NCc1cccc(C(F)(F)F)c1)C1(c2ccccc2)CCCC1. The lowest BCUT2D eigenvalue weighted by atomic mass is 9.78. The predicted molar refractivity (Wildman–Crippen MR) is 89.9 cm³/mol. The molecule has 2 aromatic carbocycles. The van der Waals surface area contributed by atoms with Gasteiger partial charge in [-0.05, 0) is 36.1 Å². The molecule has 1 fully saturated rings. The highest BCUT2D eigenvalue weighted by Crippen LogP contribution is 2.41. The fraction of sp³-hybridized carbons (Fsp3) is 0.350. The second-order valence-electron chi connectivity index (χ2n) is 6.54. The van der Waals surface area contributed by atoms with Crippen molar-refractivity contribution < 1.29 is 18.0 Å². The third kappa shape index (κ3) is 3.70. The van der Waals surface area contributed by atoms with E-state index in [-0.39, 0.29) is 12.5 Å². The molecule has 2 aromatic rings. The zero-order valence-corrected chi connectivity index (χ0v) is 13.8. The number of hydrogen-bond donors (Lipinski definition) is 1. The number of nitrogens with one attached hydrogen (secondary N) is 1. The van der Waals surface area contributed by atoms with E-state index in [1.807, 2.05) is 30.3 Å². The topological polar surface area (TPSA) is 29.1 Å². The lowest BCUT2D eigenvalue weighted by molar-refractivity contribution is -0.137. The summed E-state index contributed by atoms with van der Waals surface area (Å²) in [5, 5.41) is 2.85. The Bertz CT molecular complexity index is 734. The van der Waals surface area contributed by atoms with E-state index < -0.39 is 17.2 Å². The van der Waals surface area contributed by atoms with Crippen molar-refractivity contribution in [1.82, 2.24) is 5.32 Å². The van der Waals surface area contributed by atoms with Crippen LogP contribution in [0.2, 0.25) is 0 Å². The van der Waals surface area contributed by atoms with Crippen LogP contribution in [0.1, 0.15) is 42.4 Å². The Morgan fingerprint density at radius 2 is 1.68 bits per heavy atom. The first-order valence-electron chi connectivity index (χ1n) is 8.42. The third-order valence-electron chi connectivity index (χ3n) is 4.93. The van der Waals surface area contributed by atoms with Crippen molar-refractivity contribution in [3.8, 4) is 0 Å². The Kier molecular flexibility index (Phi) is 4.84. The van der Waals surface area contributed by atoms with Crippen LogP contribution in [0, 0.1) is 0 Å². The van der Waals surface area contributed by atoms with E-state index in [1.54, 1.807) is 6.07 Å². The van der Waals surface area contributed by atoms with Gasteiger partial charge in [-0.25, -0.2) is 0 Å². The smallest absolute Gasteiger partial charge is 0.351 e. The van der Waals surface area contributed by atoms with Crippen LogP contribution in [-0.2, 0) is 22.9 Å². The van der Waals surface area contributed by atoms with E-state index in [2.05, 4.69) is 5.32 Å². The minimum absolute atomic E-state index is 0.0946. The molecule has 0 spiro atoms. The summed E-state index contributed by atoms with van der Waals surface area (Å²) in [6.07, 6.45) is -0.884. The number of carbonyl (C=O) groups excluding carboxylic acids is 1. The number of rotatable bonds is 4. The number of alkyl halides is 3. The maximum Gasteiger partial charge on any atom is 0.416 e. The average Bonchev–Trinajstić information content (AvgIpc) is 3.11. The Labute approximate surface area is 145 Å². The minimum Gasteiger partial charge on any atom is -0.351 e. The highest BCUT2D eigenvalue weighted by Gasteiger charge is 2.42. The summed E-state index contributed by atoms with van der Waals surface area (Å²) in [4.78, 5) is 12.9. The summed E-state index contributed by atoms with van der Waals surface area (Å²) < 4.78 is 38.4. The van der Waals surface area contributed by atoms with Gasteiger partial charge in [-0.1, -0.05) is 55.3 Å². The molecule has 0 heterocycles. The Hall–Kier alpha value is -2.30. The standard InChI is InChI=1S/C20H20F3NO/c21-20(22,23)17-10-6-7-15(13-17)14-24-18(25)19(11-4-5-12-19)16-8-2-1-3-9-16/h1-3,6-10,13H,4-5,11-12,14H2,(H,24,25). The van der Waals surface area contributed by atoms with Crippen LogP contribution < -0.4 is 5.32 Å². The van der Waals surface area contributed by atoms with Gasteiger partial charge >= 0.3 is 6.18 Å². The maximum absolute atomic E-state index is 12.9. The molecule has 0 aliphatic heterocycles. The fourth-order valence-electron chi connectivity index (χ4n) is 3.59. The summed E-state index contributed by atoms with van der Waals surface area (Å²) >= 11 is 0. The van der Waals surface area contributed by atoms with Gasteiger partial charge in [-0.2, -0.15) is 13.2 Å². The van der Waals surface area contributed by atoms with Gasteiger partial charge in [0.25, 0.3) is 0 Å². The summed E-state index contributed by atoms with van der Waals surface area (Å²) in [7, 11) is 0. The quantitative estimate of drug-likeness (QED) is 0.843. The van der Waals surface area contributed by atoms with Crippen LogP contribution >= 0.6 is 0 Å². The molecular weight excluding hydrogens is 327 g/mol. The maximum atomic E-state index is 12.9. The minimum atomic E-state index is -4.38. The van der Waals surface area contributed by atoms with Crippen LogP contribution in [0.4, 0.5) is 13.2 Å². The molecule has 25 heavy (non-hydrogen) atoms. The van der Waals surface area contributed by atoms with Gasteiger partial charge < -0.3 is 5.32 Å². The van der Waals surface area contributed by atoms with Crippen LogP contribution in [0.3, 0.4) is 0 Å².